The Morgan fingerprint density at radius 1 is 1.47 bits per heavy atom. The number of hydrogen-bond donors (Lipinski definition) is 1. The van der Waals surface area contributed by atoms with Crippen LogP contribution in [-0.2, 0) is 0 Å². The summed E-state index contributed by atoms with van der Waals surface area (Å²) in [6, 6.07) is 0.423. The Kier molecular flexibility index (Phi) is 6.78. The van der Waals surface area contributed by atoms with Gasteiger partial charge in [-0.05, 0) is 43.6 Å². The summed E-state index contributed by atoms with van der Waals surface area (Å²) in [5, 5.41) is 3.10. The van der Waals surface area contributed by atoms with Gasteiger partial charge in [-0.15, -0.1) is 0 Å². The minimum atomic E-state index is 0.130. The first-order valence-corrected chi connectivity index (χ1v) is 7.92. The van der Waals surface area contributed by atoms with E-state index in [1.807, 2.05) is 16.7 Å². The third-order valence-corrected chi connectivity index (χ3v) is 4.27. The highest BCUT2D eigenvalue weighted by Gasteiger charge is 2.20. The number of piperidine rings is 1. The summed E-state index contributed by atoms with van der Waals surface area (Å²) in [5.74, 6) is 3.07. The van der Waals surface area contributed by atoms with Gasteiger partial charge in [0, 0.05) is 19.1 Å². The predicted octanol–water partition coefficient (Wildman–Crippen LogP) is 2.96. The molecule has 0 radical (unpaired) electrons. The molecule has 17 heavy (non-hydrogen) atoms. The number of carbonyl (C=O) groups is 1. The zero-order valence-corrected chi connectivity index (χ0v) is 12.2. The number of urea groups is 1. The molecule has 4 heteroatoms. The molecule has 100 valence electrons. The monoisotopic (exact) mass is 258 g/mol. The van der Waals surface area contributed by atoms with Crippen molar-refractivity contribution in [1.82, 2.24) is 10.2 Å². The van der Waals surface area contributed by atoms with Crippen LogP contribution in [0.3, 0.4) is 0 Å². The van der Waals surface area contributed by atoms with Gasteiger partial charge in [0.2, 0.25) is 0 Å². The fourth-order valence-electron chi connectivity index (χ4n) is 1.99. The lowest BCUT2D eigenvalue weighted by molar-refractivity contribution is 0.171. The van der Waals surface area contributed by atoms with Gasteiger partial charge < -0.3 is 10.2 Å². The molecule has 1 aliphatic heterocycles. The van der Waals surface area contributed by atoms with Crippen LogP contribution >= 0.6 is 11.8 Å². The average molecular weight is 258 g/mol. The van der Waals surface area contributed by atoms with Gasteiger partial charge in [0.1, 0.15) is 0 Å². The zero-order chi connectivity index (χ0) is 12.7. The van der Waals surface area contributed by atoms with Crippen LogP contribution in [0.15, 0.2) is 0 Å². The lowest BCUT2D eigenvalue weighted by Gasteiger charge is -2.31. The number of nitrogens with zero attached hydrogens (tertiary/aromatic N) is 1. The molecule has 0 spiro atoms. The van der Waals surface area contributed by atoms with Crippen LogP contribution in [0.25, 0.3) is 0 Å². The van der Waals surface area contributed by atoms with Gasteiger partial charge in [0.25, 0.3) is 0 Å². The fraction of sp³-hybridized carbons (Fsp3) is 0.923. The molecule has 1 heterocycles. The summed E-state index contributed by atoms with van der Waals surface area (Å²) >= 11 is 1.93. The molecular formula is C13H26N2OS. The molecule has 2 amide bonds. The number of likely N-dealkylation sites (tertiary alicyclic amines) is 1. The molecule has 1 unspecified atom stereocenters. The van der Waals surface area contributed by atoms with E-state index in [9.17, 15) is 4.79 Å². The smallest absolute Gasteiger partial charge is 0.317 e. The van der Waals surface area contributed by atoms with Gasteiger partial charge in [0.05, 0.1) is 0 Å². The third kappa shape index (κ3) is 5.66. The number of rotatable bonds is 5. The van der Waals surface area contributed by atoms with E-state index in [0.29, 0.717) is 6.04 Å². The van der Waals surface area contributed by atoms with Gasteiger partial charge in [-0.1, -0.05) is 13.8 Å². The number of carbonyl (C=O) groups excluding carboxylic acids is 1. The standard InChI is InChI=1S/C13H26N2OS/c1-4-17-10-7-12(3)14-13(16)15-8-5-11(2)6-9-15/h11-12H,4-10H2,1-3H3,(H,14,16). The highest BCUT2D eigenvalue weighted by molar-refractivity contribution is 7.99. The minimum Gasteiger partial charge on any atom is -0.336 e. The molecule has 1 N–H and O–H groups in total. The van der Waals surface area contributed by atoms with Crippen LogP contribution in [-0.4, -0.2) is 41.6 Å². The van der Waals surface area contributed by atoms with Crippen molar-refractivity contribution in [3.63, 3.8) is 0 Å². The van der Waals surface area contributed by atoms with E-state index >= 15 is 0 Å². The Bertz CT molecular complexity index is 227. The normalized spacial score (nSPS) is 19.1. The summed E-state index contributed by atoms with van der Waals surface area (Å²) in [7, 11) is 0. The van der Waals surface area contributed by atoms with Gasteiger partial charge in [-0.2, -0.15) is 11.8 Å². The van der Waals surface area contributed by atoms with Crippen molar-refractivity contribution in [2.45, 2.75) is 46.1 Å². The van der Waals surface area contributed by atoms with Crippen molar-refractivity contribution < 1.29 is 4.79 Å². The number of hydrogen-bond acceptors (Lipinski definition) is 2. The maximum absolute atomic E-state index is 12.0. The maximum atomic E-state index is 12.0. The van der Waals surface area contributed by atoms with Gasteiger partial charge in [0.15, 0.2) is 0 Å². The number of thioether (sulfide) groups is 1. The second-order valence-corrected chi connectivity index (χ2v) is 6.40. The topological polar surface area (TPSA) is 32.3 Å². The van der Waals surface area contributed by atoms with E-state index < -0.39 is 0 Å². The molecule has 0 bridgehead atoms. The van der Waals surface area contributed by atoms with Crippen LogP contribution in [0.2, 0.25) is 0 Å². The quantitative estimate of drug-likeness (QED) is 0.769. The van der Waals surface area contributed by atoms with Gasteiger partial charge in [-0.25, -0.2) is 4.79 Å². The van der Waals surface area contributed by atoms with Crippen molar-refractivity contribution in [3.05, 3.63) is 0 Å². The van der Waals surface area contributed by atoms with Crippen LogP contribution in [0, 0.1) is 5.92 Å². The van der Waals surface area contributed by atoms with E-state index in [0.717, 1.165) is 49.8 Å². The van der Waals surface area contributed by atoms with E-state index in [1.165, 1.54) is 0 Å². The molecule has 1 rings (SSSR count). The number of nitrogens with one attached hydrogen (secondary N) is 1. The SMILES string of the molecule is CCSCCC(C)NC(=O)N1CCC(C)CC1. The molecule has 0 saturated carbocycles. The first-order chi connectivity index (χ1) is 8.13. The Morgan fingerprint density at radius 2 is 2.12 bits per heavy atom. The minimum absolute atomic E-state index is 0.130. The molecule has 0 aliphatic carbocycles. The van der Waals surface area contributed by atoms with Crippen LogP contribution < -0.4 is 5.32 Å². The van der Waals surface area contributed by atoms with Crippen molar-refractivity contribution in [3.8, 4) is 0 Å². The largest absolute Gasteiger partial charge is 0.336 e. The second kappa shape index (κ2) is 7.85. The van der Waals surface area contributed by atoms with Gasteiger partial charge in [-0.3, -0.25) is 0 Å². The lowest BCUT2D eigenvalue weighted by atomic mass is 10.00. The Hall–Kier alpha value is -0.380. The maximum Gasteiger partial charge on any atom is 0.317 e. The highest BCUT2D eigenvalue weighted by Crippen LogP contribution is 2.16. The van der Waals surface area contributed by atoms with Crippen LogP contribution in [0.5, 0.6) is 0 Å². The second-order valence-electron chi connectivity index (χ2n) is 5.01. The molecule has 1 atom stereocenters. The molecule has 1 saturated heterocycles. The zero-order valence-electron chi connectivity index (χ0n) is 11.4. The molecule has 3 nitrogen and oxygen atoms in total. The summed E-state index contributed by atoms with van der Waals surface area (Å²) < 4.78 is 0. The lowest BCUT2D eigenvalue weighted by Crippen LogP contribution is -2.47. The van der Waals surface area contributed by atoms with E-state index in [1.54, 1.807) is 0 Å². The molecule has 0 aromatic carbocycles. The first-order valence-electron chi connectivity index (χ1n) is 6.76. The van der Waals surface area contributed by atoms with E-state index in [-0.39, 0.29) is 6.03 Å². The molecule has 1 fully saturated rings. The summed E-state index contributed by atoms with van der Waals surface area (Å²) in [6.45, 7) is 8.37. The third-order valence-electron chi connectivity index (χ3n) is 3.34. The summed E-state index contributed by atoms with van der Waals surface area (Å²) in [5.41, 5.74) is 0. The van der Waals surface area contributed by atoms with E-state index in [2.05, 4.69) is 26.1 Å². The summed E-state index contributed by atoms with van der Waals surface area (Å²) in [4.78, 5) is 13.9. The Labute approximate surface area is 110 Å². The summed E-state index contributed by atoms with van der Waals surface area (Å²) in [6.07, 6.45) is 3.36. The molecule has 0 aromatic heterocycles. The van der Waals surface area contributed by atoms with Crippen molar-refractivity contribution in [2.24, 2.45) is 5.92 Å². The van der Waals surface area contributed by atoms with Crippen molar-refractivity contribution >= 4 is 17.8 Å². The predicted molar refractivity (Wildman–Crippen MR) is 75.6 cm³/mol. The van der Waals surface area contributed by atoms with Crippen LogP contribution in [0.1, 0.15) is 40.0 Å². The highest BCUT2D eigenvalue weighted by atomic mass is 32.2. The molecule has 0 aromatic rings. The molecule has 1 aliphatic rings. The molecular weight excluding hydrogens is 232 g/mol. The van der Waals surface area contributed by atoms with E-state index in [4.69, 9.17) is 0 Å². The number of amides is 2. The van der Waals surface area contributed by atoms with Gasteiger partial charge >= 0.3 is 6.03 Å². The average Bonchev–Trinajstić information content (AvgIpc) is 2.30. The first kappa shape index (κ1) is 14.7. The Balaban J connectivity index is 2.19. The van der Waals surface area contributed by atoms with Crippen LogP contribution in [0.4, 0.5) is 4.79 Å². The van der Waals surface area contributed by atoms with Crippen molar-refractivity contribution in [1.29, 1.82) is 0 Å². The fourth-order valence-corrected chi connectivity index (χ4v) is 2.80. The van der Waals surface area contributed by atoms with Crippen molar-refractivity contribution in [2.75, 3.05) is 24.6 Å². The Morgan fingerprint density at radius 3 is 2.71 bits per heavy atom.